The lowest BCUT2D eigenvalue weighted by atomic mass is 10.0. The number of benzene rings is 2. The predicted octanol–water partition coefficient (Wildman–Crippen LogP) is 3.39. The van der Waals surface area contributed by atoms with E-state index in [1.54, 1.807) is 0 Å². The minimum atomic E-state index is 0.265. The second-order valence-electron chi connectivity index (χ2n) is 5.39. The van der Waals surface area contributed by atoms with Crippen molar-refractivity contribution in [3.8, 4) is 0 Å². The molecule has 1 fully saturated rings. The molecule has 1 unspecified atom stereocenters. The minimum absolute atomic E-state index is 0.265. The number of nitrogens with zero attached hydrogens (tertiary/aromatic N) is 1. The summed E-state index contributed by atoms with van der Waals surface area (Å²) in [5, 5.41) is 2.41. The van der Waals surface area contributed by atoms with Gasteiger partial charge >= 0.3 is 0 Å². The summed E-state index contributed by atoms with van der Waals surface area (Å²) in [6, 6.07) is 14.9. The standard InChI is InChI=1S/C17H19NO/c1-13-6-5-11-18(13)17(19)12-15-9-4-8-14-7-2-3-10-16(14)15/h2-4,7-10,13H,5-6,11-12H2,1H3. The highest BCUT2D eigenvalue weighted by atomic mass is 16.2. The summed E-state index contributed by atoms with van der Waals surface area (Å²) >= 11 is 0. The van der Waals surface area contributed by atoms with Crippen LogP contribution in [0.2, 0.25) is 0 Å². The highest BCUT2D eigenvalue weighted by Gasteiger charge is 2.25. The van der Waals surface area contributed by atoms with Gasteiger partial charge in [0.1, 0.15) is 0 Å². The van der Waals surface area contributed by atoms with E-state index in [0.29, 0.717) is 12.5 Å². The zero-order valence-corrected chi connectivity index (χ0v) is 11.3. The molecule has 1 atom stereocenters. The van der Waals surface area contributed by atoms with Crippen LogP contribution in [0.1, 0.15) is 25.3 Å². The van der Waals surface area contributed by atoms with Crippen LogP contribution >= 0.6 is 0 Å². The van der Waals surface area contributed by atoms with Gasteiger partial charge in [0.15, 0.2) is 0 Å². The number of carbonyl (C=O) groups is 1. The Kier molecular flexibility index (Phi) is 3.24. The van der Waals surface area contributed by atoms with Gasteiger partial charge in [0.2, 0.25) is 5.91 Å². The first-order valence-electron chi connectivity index (χ1n) is 7.02. The highest BCUT2D eigenvalue weighted by molar-refractivity contribution is 5.90. The molecule has 1 saturated heterocycles. The van der Waals surface area contributed by atoms with E-state index in [2.05, 4.69) is 31.2 Å². The first kappa shape index (κ1) is 12.2. The van der Waals surface area contributed by atoms with Gasteiger partial charge in [-0.3, -0.25) is 4.79 Å². The van der Waals surface area contributed by atoms with Crippen LogP contribution in [0, 0.1) is 0 Å². The molecular weight excluding hydrogens is 234 g/mol. The lowest BCUT2D eigenvalue weighted by Gasteiger charge is -2.21. The van der Waals surface area contributed by atoms with E-state index in [-0.39, 0.29) is 5.91 Å². The molecular formula is C17H19NO. The number of carbonyl (C=O) groups excluding carboxylic acids is 1. The largest absolute Gasteiger partial charge is 0.340 e. The average Bonchev–Trinajstić information content (AvgIpc) is 2.85. The molecule has 3 rings (SSSR count). The van der Waals surface area contributed by atoms with E-state index in [9.17, 15) is 4.79 Å². The van der Waals surface area contributed by atoms with E-state index >= 15 is 0 Å². The summed E-state index contributed by atoms with van der Waals surface area (Å²) < 4.78 is 0. The van der Waals surface area contributed by atoms with E-state index in [4.69, 9.17) is 0 Å². The maximum atomic E-state index is 12.4. The first-order valence-corrected chi connectivity index (χ1v) is 7.02. The Labute approximate surface area is 114 Å². The molecule has 19 heavy (non-hydrogen) atoms. The Morgan fingerprint density at radius 1 is 1.21 bits per heavy atom. The Hall–Kier alpha value is -1.83. The van der Waals surface area contributed by atoms with Crippen molar-refractivity contribution in [1.29, 1.82) is 0 Å². The molecule has 0 saturated carbocycles. The second kappa shape index (κ2) is 5.04. The van der Waals surface area contributed by atoms with Crippen LogP contribution in [0.4, 0.5) is 0 Å². The Morgan fingerprint density at radius 2 is 2.00 bits per heavy atom. The van der Waals surface area contributed by atoms with Crippen LogP contribution in [-0.4, -0.2) is 23.4 Å². The van der Waals surface area contributed by atoms with Gasteiger partial charge in [-0.15, -0.1) is 0 Å². The Bertz CT molecular complexity index is 600. The van der Waals surface area contributed by atoms with Crippen molar-refractivity contribution in [2.24, 2.45) is 0 Å². The minimum Gasteiger partial charge on any atom is -0.340 e. The Balaban J connectivity index is 1.87. The number of fused-ring (bicyclic) bond motifs is 1. The molecule has 0 N–H and O–H groups in total. The van der Waals surface area contributed by atoms with Crippen LogP contribution < -0.4 is 0 Å². The number of likely N-dealkylation sites (tertiary alicyclic amines) is 1. The fraction of sp³-hybridized carbons (Fsp3) is 0.353. The van der Waals surface area contributed by atoms with Crippen molar-refractivity contribution in [2.75, 3.05) is 6.54 Å². The summed E-state index contributed by atoms with van der Waals surface area (Å²) in [6.45, 7) is 3.07. The molecule has 0 radical (unpaired) electrons. The lowest BCUT2D eigenvalue weighted by Crippen LogP contribution is -2.34. The number of amides is 1. The third-order valence-electron chi connectivity index (χ3n) is 4.09. The van der Waals surface area contributed by atoms with Gasteiger partial charge in [-0.25, -0.2) is 0 Å². The fourth-order valence-electron chi connectivity index (χ4n) is 3.01. The van der Waals surface area contributed by atoms with Crippen molar-refractivity contribution in [3.05, 3.63) is 48.0 Å². The third kappa shape index (κ3) is 2.35. The number of hydrogen-bond acceptors (Lipinski definition) is 1. The maximum Gasteiger partial charge on any atom is 0.227 e. The molecule has 98 valence electrons. The zero-order valence-electron chi connectivity index (χ0n) is 11.3. The maximum absolute atomic E-state index is 12.4. The van der Waals surface area contributed by atoms with E-state index < -0.39 is 0 Å². The van der Waals surface area contributed by atoms with Crippen molar-refractivity contribution in [2.45, 2.75) is 32.2 Å². The number of rotatable bonds is 2. The fourth-order valence-corrected chi connectivity index (χ4v) is 3.01. The van der Waals surface area contributed by atoms with Crippen LogP contribution in [0.5, 0.6) is 0 Å². The molecule has 2 aromatic rings. The van der Waals surface area contributed by atoms with Gasteiger partial charge in [-0.2, -0.15) is 0 Å². The summed E-state index contributed by atoms with van der Waals surface area (Å²) in [5.41, 5.74) is 1.14. The van der Waals surface area contributed by atoms with Crippen molar-refractivity contribution < 1.29 is 4.79 Å². The van der Waals surface area contributed by atoms with E-state index in [1.807, 2.05) is 23.1 Å². The van der Waals surface area contributed by atoms with Crippen LogP contribution in [0.25, 0.3) is 10.8 Å². The zero-order chi connectivity index (χ0) is 13.2. The summed E-state index contributed by atoms with van der Waals surface area (Å²) in [4.78, 5) is 14.4. The monoisotopic (exact) mass is 253 g/mol. The van der Waals surface area contributed by atoms with E-state index in [1.165, 1.54) is 10.8 Å². The lowest BCUT2D eigenvalue weighted by molar-refractivity contribution is -0.130. The molecule has 0 aliphatic carbocycles. The smallest absolute Gasteiger partial charge is 0.227 e. The highest BCUT2D eigenvalue weighted by Crippen LogP contribution is 2.22. The molecule has 0 bridgehead atoms. The molecule has 1 aliphatic heterocycles. The van der Waals surface area contributed by atoms with Gasteiger partial charge < -0.3 is 4.90 Å². The van der Waals surface area contributed by atoms with E-state index in [0.717, 1.165) is 24.9 Å². The van der Waals surface area contributed by atoms with Crippen molar-refractivity contribution >= 4 is 16.7 Å². The third-order valence-corrected chi connectivity index (χ3v) is 4.09. The SMILES string of the molecule is CC1CCCN1C(=O)Cc1cccc2ccccc12. The van der Waals surface area contributed by atoms with Gasteiger partial charge in [-0.1, -0.05) is 42.5 Å². The molecule has 2 nitrogen and oxygen atoms in total. The van der Waals surface area contributed by atoms with Gasteiger partial charge in [0.05, 0.1) is 6.42 Å². The van der Waals surface area contributed by atoms with Crippen LogP contribution in [0.3, 0.4) is 0 Å². The van der Waals surface area contributed by atoms with Crippen LogP contribution in [-0.2, 0) is 11.2 Å². The summed E-state index contributed by atoms with van der Waals surface area (Å²) in [5.74, 6) is 0.265. The molecule has 1 aliphatic rings. The van der Waals surface area contributed by atoms with Crippen molar-refractivity contribution in [1.82, 2.24) is 4.90 Å². The molecule has 0 aromatic heterocycles. The van der Waals surface area contributed by atoms with Gasteiger partial charge in [0, 0.05) is 12.6 Å². The van der Waals surface area contributed by atoms with Gasteiger partial charge in [-0.05, 0) is 36.1 Å². The second-order valence-corrected chi connectivity index (χ2v) is 5.39. The quantitative estimate of drug-likeness (QED) is 0.803. The molecule has 1 amide bonds. The normalized spacial score (nSPS) is 19.0. The predicted molar refractivity (Wildman–Crippen MR) is 78.1 cm³/mol. The summed E-state index contributed by atoms with van der Waals surface area (Å²) in [6.07, 6.45) is 2.80. The molecule has 2 aromatic carbocycles. The molecule has 0 spiro atoms. The van der Waals surface area contributed by atoms with Gasteiger partial charge in [0.25, 0.3) is 0 Å². The average molecular weight is 253 g/mol. The first-order chi connectivity index (χ1) is 9.25. The molecule has 2 heteroatoms. The van der Waals surface area contributed by atoms with Crippen molar-refractivity contribution in [3.63, 3.8) is 0 Å². The topological polar surface area (TPSA) is 20.3 Å². The van der Waals surface area contributed by atoms with Crippen LogP contribution in [0.15, 0.2) is 42.5 Å². The molecule has 1 heterocycles. The number of hydrogen-bond donors (Lipinski definition) is 0. The summed E-state index contributed by atoms with van der Waals surface area (Å²) in [7, 11) is 0. The Morgan fingerprint density at radius 3 is 2.79 bits per heavy atom.